The Kier molecular flexibility index (Phi) is 5.08. The Hall–Kier alpha value is -2.29. The monoisotopic (exact) mass is 472 g/mol. The zero-order valence-corrected chi connectivity index (χ0v) is 15.6. The van der Waals surface area contributed by atoms with Gasteiger partial charge >= 0.3 is 6.18 Å². The standard InChI is InChI=1S/C19H12F3IO3/c1-25-14-8-4-11(5-9-14)17-15(10-24)16(23)18(26-17)12-2-6-13(7-3-12)19(20,21)22/h2-10H,1H3. The Morgan fingerprint density at radius 1 is 0.962 bits per heavy atom. The van der Waals surface area contributed by atoms with Gasteiger partial charge in [0.05, 0.1) is 21.8 Å². The molecule has 3 rings (SSSR count). The van der Waals surface area contributed by atoms with Crippen LogP contribution in [0.3, 0.4) is 0 Å². The van der Waals surface area contributed by atoms with Gasteiger partial charge in [0, 0.05) is 11.1 Å². The molecule has 0 saturated heterocycles. The molecule has 0 amide bonds. The van der Waals surface area contributed by atoms with Crippen LogP contribution in [-0.2, 0) is 6.18 Å². The molecular weight excluding hydrogens is 460 g/mol. The molecule has 3 nitrogen and oxygen atoms in total. The molecule has 0 saturated carbocycles. The SMILES string of the molecule is COc1ccc(-c2oc(-c3ccc(C(F)(F)F)cc3)c(I)c2C=O)cc1. The summed E-state index contributed by atoms with van der Waals surface area (Å²) < 4.78 is 49.7. The van der Waals surface area contributed by atoms with E-state index < -0.39 is 11.7 Å². The van der Waals surface area contributed by atoms with Crippen molar-refractivity contribution in [1.82, 2.24) is 0 Å². The summed E-state index contributed by atoms with van der Waals surface area (Å²) in [6.07, 6.45) is -3.73. The minimum absolute atomic E-state index is 0.352. The van der Waals surface area contributed by atoms with Gasteiger partial charge in [0.1, 0.15) is 17.3 Å². The number of hydrogen-bond donors (Lipinski definition) is 0. The predicted molar refractivity (Wildman–Crippen MR) is 99.2 cm³/mol. The largest absolute Gasteiger partial charge is 0.497 e. The highest BCUT2D eigenvalue weighted by Crippen LogP contribution is 2.38. The average molecular weight is 472 g/mol. The molecule has 0 atom stereocenters. The van der Waals surface area contributed by atoms with Crippen molar-refractivity contribution in [2.75, 3.05) is 7.11 Å². The van der Waals surface area contributed by atoms with Gasteiger partial charge in [-0.15, -0.1) is 0 Å². The molecule has 0 unspecified atom stereocenters. The average Bonchev–Trinajstić information content (AvgIpc) is 2.97. The minimum Gasteiger partial charge on any atom is -0.497 e. The summed E-state index contributed by atoms with van der Waals surface area (Å²) in [4.78, 5) is 11.5. The summed E-state index contributed by atoms with van der Waals surface area (Å²) in [5.74, 6) is 1.37. The number of alkyl halides is 3. The maximum absolute atomic E-state index is 12.7. The maximum Gasteiger partial charge on any atom is 0.416 e. The number of ether oxygens (including phenoxy) is 1. The van der Waals surface area contributed by atoms with Crippen LogP contribution in [-0.4, -0.2) is 13.4 Å². The molecule has 1 heterocycles. The predicted octanol–water partition coefficient (Wildman–Crippen LogP) is 6.06. The van der Waals surface area contributed by atoms with E-state index in [4.69, 9.17) is 9.15 Å². The number of rotatable bonds is 4. The van der Waals surface area contributed by atoms with Crippen LogP contribution in [0, 0.1) is 3.57 Å². The molecular formula is C19H12F3IO3. The summed E-state index contributed by atoms with van der Waals surface area (Å²) in [5.41, 5.74) is 0.744. The highest BCUT2D eigenvalue weighted by molar-refractivity contribution is 14.1. The molecule has 0 radical (unpaired) electrons. The van der Waals surface area contributed by atoms with Crippen molar-refractivity contribution in [3.05, 3.63) is 63.2 Å². The van der Waals surface area contributed by atoms with E-state index in [1.54, 1.807) is 31.4 Å². The molecule has 0 aliphatic heterocycles. The van der Waals surface area contributed by atoms with E-state index in [2.05, 4.69) is 0 Å². The molecule has 7 heteroatoms. The van der Waals surface area contributed by atoms with Crippen molar-refractivity contribution >= 4 is 28.9 Å². The normalized spacial score (nSPS) is 11.4. The van der Waals surface area contributed by atoms with Crippen LogP contribution in [0.15, 0.2) is 52.9 Å². The van der Waals surface area contributed by atoms with Crippen molar-refractivity contribution in [3.63, 3.8) is 0 Å². The fraction of sp³-hybridized carbons (Fsp3) is 0.105. The van der Waals surface area contributed by atoms with Gasteiger partial charge in [-0.2, -0.15) is 13.2 Å². The molecule has 134 valence electrons. The maximum atomic E-state index is 12.7. The fourth-order valence-corrected chi connectivity index (χ4v) is 3.28. The van der Waals surface area contributed by atoms with Crippen molar-refractivity contribution in [3.8, 4) is 28.4 Å². The number of hydrogen-bond acceptors (Lipinski definition) is 3. The first-order valence-electron chi connectivity index (χ1n) is 7.44. The summed E-state index contributed by atoms with van der Waals surface area (Å²) in [6.45, 7) is 0. The number of halogens is 4. The number of benzene rings is 2. The van der Waals surface area contributed by atoms with E-state index in [0.29, 0.717) is 43.8 Å². The van der Waals surface area contributed by atoms with Gasteiger partial charge in [0.15, 0.2) is 6.29 Å². The zero-order valence-electron chi connectivity index (χ0n) is 13.4. The van der Waals surface area contributed by atoms with E-state index >= 15 is 0 Å². The van der Waals surface area contributed by atoms with Crippen molar-refractivity contribution in [2.45, 2.75) is 6.18 Å². The molecule has 0 fully saturated rings. The van der Waals surface area contributed by atoms with Crippen LogP contribution >= 0.6 is 22.6 Å². The van der Waals surface area contributed by atoms with E-state index in [9.17, 15) is 18.0 Å². The zero-order chi connectivity index (χ0) is 18.9. The number of aldehydes is 1. The Bertz CT molecular complexity index is 926. The van der Waals surface area contributed by atoms with Crippen molar-refractivity contribution in [2.24, 2.45) is 0 Å². The van der Waals surface area contributed by atoms with Gasteiger partial charge in [0.2, 0.25) is 0 Å². The Labute approximate surface area is 160 Å². The number of carbonyl (C=O) groups excluding carboxylic acids is 1. The van der Waals surface area contributed by atoms with Crippen LogP contribution in [0.4, 0.5) is 13.2 Å². The lowest BCUT2D eigenvalue weighted by Crippen LogP contribution is -2.03. The van der Waals surface area contributed by atoms with Crippen LogP contribution in [0.25, 0.3) is 22.6 Å². The molecule has 0 spiro atoms. The Morgan fingerprint density at radius 3 is 2.00 bits per heavy atom. The number of carbonyl (C=O) groups is 1. The van der Waals surface area contributed by atoms with E-state index in [0.717, 1.165) is 12.1 Å². The third kappa shape index (κ3) is 3.48. The number of methoxy groups -OCH3 is 1. The van der Waals surface area contributed by atoms with Gasteiger partial charge in [-0.05, 0) is 59.0 Å². The van der Waals surface area contributed by atoms with Crippen LogP contribution in [0.5, 0.6) is 5.75 Å². The van der Waals surface area contributed by atoms with Gasteiger partial charge in [-0.25, -0.2) is 0 Å². The third-order valence-corrected chi connectivity index (χ3v) is 4.90. The highest BCUT2D eigenvalue weighted by Gasteiger charge is 2.30. The highest BCUT2D eigenvalue weighted by atomic mass is 127. The van der Waals surface area contributed by atoms with Gasteiger partial charge in [0.25, 0.3) is 0 Å². The lowest BCUT2D eigenvalue weighted by molar-refractivity contribution is -0.137. The molecule has 0 N–H and O–H groups in total. The summed E-state index contributed by atoms with van der Waals surface area (Å²) >= 11 is 1.96. The smallest absolute Gasteiger partial charge is 0.416 e. The van der Waals surface area contributed by atoms with Crippen LogP contribution in [0.1, 0.15) is 15.9 Å². The van der Waals surface area contributed by atoms with E-state index in [1.807, 2.05) is 22.6 Å². The summed E-state index contributed by atoms with van der Waals surface area (Å²) in [6, 6.07) is 11.6. The second-order valence-corrected chi connectivity index (χ2v) is 6.49. The van der Waals surface area contributed by atoms with E-state index in [-0.39, 0.29) is 0 Å². The number of furan rings is 1. The molecule has 0 bridgehead atoms. The lowest BCUT2D eigenvalue weighted by Gasteiger charge is -2.06. The Morgan fingerprint density at radius 2 is 1.50 bits per heavy atom. The van der Waals surface area contributed by atoms with Crippen molar-refractivity contribution in [1.29, 1.82) is 0 Å². The van der Waals surface area contributed by atoms with Crippen LogP contribution in [0.2, 0.25) is 0 Å². The van der Waals surface area contributed by atoms with Gasteiger partial charge in [-0.1, -0.05) is 12.1 Å². The molecule has 3 aromatic rings. The van der Waals surface area contributed by atoms with Crippen molar-refractivity contribution < 1.29 is 27.1 Å². The fourth-order valence-electron chi connectivity index (χ4n) is 2.48. The molecule has 0 aliphatic carbocycles. The Balaban J connectivity index is 2.06. The second kappa shape index (κ2) is 7.14. The molecule has 1 aromatic heterocycles. The first-order chi connectivity index (χ1) is 12.3. The van der Waals surface area contributed by atoms with Gasteiger partial charge in [-0.3, -0.25) is 4.79 Å². The van der Waals surface area contributed by atoms with E-state index in [1.165, 1.54) is 12.1 Å². The first kappa shape index (κ1) is 18.5. The van der Waals surface area contributed by atoms with Crippen LogP contribution < -0.4 is 4.74 Å². The minimum atomic E-state index is -4.41. The molecule has 0 aliphatic rings. The van der Waals surface area contributed by atoms with Gasteiger partial charge < -0.3 is 9.15 Å². The lowest BCUT2D eigenvalue weighted by atomic mass is 10.1. The second-order valence-electron chi connectivity index (χ2n) is 5.41. The summed E-state index contributed by atoms with van der Waals surface area (Å²) in [7, 11) is 1.55. The third-order valence-electron chi connectivity index (χ3n) is 3.83. The topological polar surface area (TPSA) is 39.4 Å². The molecule has 2 aromatic carbocycles. The summed E-state index contributed by atoms with van der Waals surface area (Å²) in [5, 5.41) is 0. The first-order valence-corrected chi connectivity index (χ1v) is 8.52. The quantitative estimate of drug-likeness (QED) is 0.343. The molecule has 26 heavy (non-hydrogen) atoms.